The Bertz CT molecular complexity index is 733. The summed E-state index contributed by atoms with van der Waals surface area (Å²) in [6.07, 6.45) is 4.96. The van der Waals surface area contributed by atoms with Crippen molar-refractivity contribution < 1.29 is 9.53 Å². The van der Waals surface area contributed by atoms with Crippen molar-refractivity contribution in [3.8, 4) is 0 Å². The third-order valence-electron chi connectivity index (χ3n) is 3.69. The molecule has 0 aliphatic carbocycles. The molecule has 110 valence electrons. The van der Waals surface area contributed by atoms with E-state index in [0.717, 1.165) is 25.0 Å². The van der Waals surface area contributed by atoms with E-state index in [9.17, 15) is 9.59 Å². The first-order valence-electron chi connectivity index (χ1n) is 7.03. The number of pyridine rings is 1. The molecular formula is C15H17N3O3. The van der Waals surface area contributed by atoms with Crippen LogP contribution in [0.5, 0.6) is 0 Å². The zero-order chi connectivity index (χ0) is 14.8. The Morgan fingerprint density at radius 2 is 2.43 bits per heavy atom. The number of carbonyl (C=O) groups excluding carboxylic acids is 1. The quantitative estimate of drug-likeness (QED) is 0.911. The summed E-state index contributed by atoms with van der Waals surface area (Å²) in [4.78, 5) is 28.7. The van der Waals surface area contributed by atoms with Gasteiger partial charge in [-0.05, 0) is 31.4 Å². The van der Waals surface area contributed by atoms with Crippen molar-refractivity contribution >= 4 is 11.6 Å². The third kappa shape index (κ3) is 2.67. The second kappa shape index (κ2) is 5.65. The van der Waals surface area contributed by atoms with Crippen molar-refractivity contribution in [1.29, 1.82) is 0 Å². The predicted octanol–water partition coefficient (Wildman–Crippen LogP) is 0.912. The first-order chi connectivity index (χ1) is 10.2. The minimum Gasteiger partial charge on any atom is -0.376 e. The van der Waals surface area contributed by atoms with E-state index in [-0.39, 0.29) is 17.2 Å². The largest absolute Gasteiger partial charge is 0.376 e. The number of ether oxygens (including phenoxy) is 1. The van der Waals surface area contributed by atoms with Crippen LogP contribution in [-0.2, 0) is 4.74 Å². The molecule has 0 spiro atoms. The summed E-state index contributed by atoms with van der Waals surface area (Å²) in [6, 6.07) is 3.64. The van der Waals surface area contributed by atoms with E-state index in [1.54, 1.807) is 12.3 Å². The lowest BCUT2D eigenvalue weighted by molar-refractivity contribution is 0.0856. The number of amides is 1. The van der Waals surface area contributed by atoms with Gasteiger partial charge in [0.2, 0.25) is 0 Å². The minimum atomic E-state index is -0.404. The topological polar surface area (TPSA) is 72.7 Å². The SMILES string of the molecule is Cc1cccn2c(=O)c(C(=O)NCC3CCCO3)cnc12. The van der Waals surface area contributed by atoms with Crippen LogP contribution in [0.4, 0.5) is 0 Å². The van der Waals surface area contributed by atoms with Gasteiger partial charge in [0.05, 0.1) is 6.10 Å². The monoisotopic (exact) mass is 287 g/mol. The van der Waals surface area contributed by atoms with E-state index in [1.165, 1.54) is 10.6 Å². The number of aryl methyl sites for hydroxylation is 1. The maximum Gasteiger partial charge on any atom is 0.270 e. The Morgan fingerprint density at radius 1 is 1.57 bits per heavy atom. The van der Waals surface area contributed by atoms with Gasteiger partial charge in [-0.2, -0.15) is 0 Å². The van der Waals surface area contributed by atoms with E-state index in [0.29, 0.717) is 12.2 Å². The molecule has 1 unspecified atom stereocenters. The molecule has 1 aliphatic heterocycles. The highest BCUT2D eigenvalue weighted by Gasteiger charge is 2.18. The van der Waals surface area contributed by atoms with Crippen LogP contribution in [-0.4, -0.2) is 34.5 Å². The van der Waals surface area contributed by atoms with Gasteiger partial charge in [-0.25, -0.2) is 4.98 Å². The molecule has 3 heterocycles. The van der Waals surface area contributed by atoms with Gasteiger partial charge < -0.3 is 10.1 Å². The molecule has 1 aliphatic rings. The molecule has 2 aromatic heterocycles. The fourth-order valence-corrected chi connectivity index (χ4v) is 2.51. The highest BCUT2D eigenvalue weighted by atomic mass is 16.5. The number of rotatable bonds is 3. The molecule has 0 radical (unpaired) electrons. The Kier molecular flexibility index (Phi) is 3.70. The molecule has 0 aromatic carbocycles. The van der Waals surface area contributed by atoms with Crippen LogP contribution >= 0.6 is 0 Å². The van der Waals surface area contributed by atoms with Crippen LogP contribution in [0.2, 0.25) is 0 Å². The summed E-state index contributed by atoms with van der Waals surface area (Å²) >= 11 is 0. The summed E-state index contributed by atoms with van der Waals surface area (Å²) in [7, 11) is 0. The van der Waals surface area contributed by atoms with Crippen molar-refractivity contribution in [3.05, 3.63) is 46.0 Å². The van der Waals surface area contributed by atoms with Crippen LogP contribution in [0.3, 0.4) is 0 Å². The number of fused-ring (bicyclic) bond motifs is 1. The summed E-state index contributed by atoms with van der Waals surface area (Å²) in [5, 5.41) is 2.74. The Morgan fingerprint density at radius 3 is 3.19 bits per heavy atom. The highest BCUT2D eigenvalue weighted by Crippen LogP contribution is 2.10. The maximum atomic E-state index is 12.3. The molecule has 0 saturated carbocycles. The van der Waals surface area contributed by atoms with E-state index in [1.807, 2.05) is 13.0 Å². The number of nitrogens with one attached hydrogen (secondary N) is 1. The molecule has 1 N–H and O–H groups in total. The molecule has 2 aromatic rings. The molecule has 1 atom stereocenters. The van der Waals surface area contributed by atoms with Crippen LogP contribution in [0.25, 0.3) is 5.65 Å². The van der Waals surface area contributed by atoms with Crippen molar-refractivity contribution in [2.75, 3.05) is 13.2 Å². The van der Waals surface area contributed by atoms with E-state index in [2.05, 4.69) is 10.3 Å². The number of nitrogens with zero attached hydrogens (tertiary/aromatic N) is 2. The predicted molar refractivity (Wildman–Crippen MR) is 77.5 cm³/mol. The molecule has 3 rings (SSSR count). The molecule has 6 nitrogen and oxygen atoms in total. The average molecular weight is 287 g/mol. The lowest BCUT2D eigenvalue weighted by Crippen LogP contribution is -2.36. The van der Waals surface area contributed by atoms with Gasteiger partial charge in [-0.3, -0.25) is 14.0 Å². The van der Waals surface area contributed by atoms with Crippen LogP contribution < -0.4 is 10.9 Å². The minimum absolute atomic E-state index is 0.0485. The smallest absolute Gasteiger partial charge is 0.270 e. The molecule has 0 bridgehead atoms. The summed E-state index contributed by atoms with van der Waals surface area (Å²) < 4.78 is 6.84. The molecule has 1 saturated heterocycles. The van der Waals surface area contributed by atoms with Gasteiger partial charge in [0.1, 0.15) is 11.2 Å². The lowest BCUT2D eigenvalue weighted by atomic mass is 10.2. The first kappa shape index (κ1) is 13.8. The Labute approximate surface area is 121 Å². The number of hydrogen-bond donors (Lipinski definition) is 1. The zero-order valence-electron chi connectivity index (χ0n) is 11.8. The van der Waals surface area contributed by atoms with Crippen LogP contribution in [0.15, 0.2) is 29.3 Å². The van der Waals surface area contributed by atoms with Gasteiger partial charge in [-0.15, -0.1) is 0 Å². The number of carbonyl (C=O) groups is 1. The standard InChI is InChI=1S/C15H17N3O3/c1-10-4-2-6-18-13(10)16-9-12(15(18)20)14(19)17-8-11-5-3-7-21-11/h2,4,6,9,11H,3,5,7-8H2,1H3,(H,17,19). The zero-order valence-corrected chi connectivity index (χ0v) is 11.8. The molecule has 1 fully saturated rings. The van der Waals surface area contributed by atoms with Gasteiger partial charge in [-0.1, -0.05) is 6.07 Å². The van der Waals surface area contributed by atoms with Crippen molar-refractivity contribution in [1.82, 2.24) is 14.7 Å². The normalized spacial score (nSPS) is 18.0. The Hall–Kier alpha value is -2.21. The van der Waals surface area contributed by atoms with Crippen LogP contribution in [0.1, 0.15) is 28.8 Å². The summed E-state index contributed by atoms with van der Waals surface area (Å²) in [5.74, 6) is -0.404. The van der Waals surface area contributed by atoms with E-state index >= 15 is 0 Å². The Balaban J connectivity index is 1.84. The molecule has 1 amide bonds. The first-order valence-corrected chi connectivity index (χ1v) is 7.03. The number of hydrogen-bond acceptors (Lipinski definition) is 4. The highest BCUT2D eigenvalue weighted by molar-refractivity contribution is 5.93. The summed E-state index contributed by atoms with van der Waals surface area (Å²) in [6.45, 7) is 3.04. The van der Waals surface area contributed by atoms with Gasteiger partial charge in [0.25, 0.3) is 11.5 Å². The fraction of sp³-hybridized carbons (Fsp3) is 0.400. The molecule has 21 heavy (non-hydrogen) atoms. The van der Waals surface area contributed by atoms with Crippen LogP contribution in [0, 0.1) is 6.92 Å². The fourth-order valence-electron chi connectivity index (χ4n) is 2.51. The van der Waals surface area contributed by atoms with Gasteiger partial charge >= 0.3 is 0 Å². The lowest BCUT2D eigenvalue weighted by Gasteiger charge is -2.11. The summed E-state index contributed by atoms with van der Waals surface area (Å²) in [5.41, 5.74) is 1.16. The molecular weight excluding hydrogens is 270 g/mol. The van der Waals surface area contributed by atoms with E-state index < -0.39 is 5.91 Å². The second-order valence-electron chi connectivity index (χ2n) is 5.21. The van der Waals surface area contributed by atoms with Gasteiger partial charge in [0, 0.05) is 25.5 Å². The number of aromatic nitrogens is 2. The maximum absolute atomic E-state index is 12.3. The van der Waals surface area contributed by atoms with Crippen molar-refractivity contribution in [3.63, 3.8) is 0 Å². The molecule has 6 heteroatoms. The third-order valence-corrected chi connectivity index (χ3v) is 3.69. The van der Waals surface area contributed by atoms with Gasteiger partial charge in [0.15, 0.2) is 0 Å². The van der Waals surface area contributed by atoms with Crippen molar-refractivity contribution in [2.45, 2.75) is 25.9 Å². The van der Waals surface area contributed by atoms with Crippen molar-refractivity contribution in [2.24, 2.45) is 0 Å². The second-order valence-corrected chi connectivity index (χ2v) is 5.21. The average Bonchev–Trinajstić information content (AvgIpc) is 2.99. The van der Waals surface area contributed by atoms with E-state index in [4.69, 9.17) is 4.74 Å².